The van der Waals surface area contributed by atoms with Gasteiger partial charge in [-0.15, -0.1) is 0 Å². The van der Waals surface area contributed by atoms with Crippen LogP contribution in [0.5, 0.6) is 11.5 Å². The molecular formula is C19H21NO7. The topological polar surface area (TPSA) is 97.1 Å². The summed E-state index contributed by atoms with van der Waals surface area (Å²) < 4.78 is 26.4. The highest BCUT2D eigenvalue weighted by atomic mass is 16.6. The van der Waals surface area contributed by atoms with Crippen LogP contribution in [0.4, 0.5) is 0 Å². The zero-order valence-corrected chi connectivity index (χ0v) is 15.6. The molecule has 2 heterocycles. The number of aromatic nitrogens is 1. The molecule has 2 atom stereocenters. The minimum Gasteiger partial charge on any atom is -0.493 e. The van der Waals surface area contributed by atoms with Crippen LogP contribution in [0.25, 0.3) is 0 Å². The lowest BCUT2D eigenvalue weighted by Gasteiger charge is -2.13. The fraction of sp³-hybridized carbons (Fsp3) is 0.421. The minimum atomic E-state index is -0.881. The summed E-state index contributed by atoms with van der Waals surface area (Å²) in [5.41, 5.74) is 1.86. The van der Waals surface area contributed by atoms with Crippen LogP contribution in [0.1, 0.15) is 40.7 Å². The zero-order chi connectivity index (χ0) is 19.6. The van der Waals surface area contributed by atoms with E-state index in [4.69, 9.17) is 23.5 Å². The van der Waals surface area contributed by atoms with Gasteiger partial charge in [-0.25, -0.2) is 9.59 Å². The predicted molar refractivity (Wildman–Crippen MR) is 92.7 cm³/mol. The number of carbonyl (C=O) groups excluding carboxylic acids is 2. The van der Waals surface area contributed by atoms with E-state index in [1.165, 1.54) is 13.2 Å². The summed E-state index contributed by atoms with van der Waals surface area (Å²) in [5, 5.41) is 3.88. The van der Waals surface area contributed by atoms with Gasteiger partial charge < -0.3 is 23.5 Å². The molecule has 0 amide bonds. The quantitative estimate of drug-likeness (QED) is 0.711. The van der Waals surface area contributed by atoms with Gasteiger partial charge in [-0.1, -0.05) is 5.16 Å². The number of rotatable bonds is 6. The van der Waals surface area contributed by atoms with Crippen LogP contribution in [0.15, 0.2) is 22.7 Å². The van der Waals surface area contributed by atoms with Crippen LogP contribution < -0.4 is 9.47 Å². The molecular weight excluding hydrogens is 354 g/mol. The van der Waals surface area contributed by atoms with Crippen molar-refractivity contribution in [2.24, 2.45) is 0 Å². The summed E-state index contributed by atoms with van der Waals surface area (Å²) in [5.74, 6) is 0.370. The maximum absolute atomic E-state index is 12.3. The molecule has 8 heteroatoms. The number of methoxy groups -OCH3 is 1. The number of ether oxygens (including phenoxy) is 4. The van der Waals surface area contributed by atoms with Gasteiger partial charge in [0, 0.05) is 6.42 Å². The Kier molecular flexibility index (Phi) is 5.34. The summed E-state index contributed by atoms with van der Waals surface area (Å²) >= 11 is 0. The summed E-state index contributed by atoms with van der Waals surface area (Å²) in [7, 11) is 1.48. The molecule has 1 saturated heterocycles. The Bertz CT molecular complexity index is 838. The van der Waals surface area contributed by atoms with E-state index in [9.17, 15) is 9.59 Å². The first-order chi connectivity index (χ1) is 12.9. The van der Waals surface area contributed by atoms with E-state index in [-0.39, 0.29) is 18.3 Å². The maximum atomic E-state index is 12.3. The molecule has 0 bridgehead atoms. The van der Waals surface area contributed by atoms with Gasteiger partial charge in [-0.3, -0.25) is 0 Å². The van der Waals surface area contributed by atoms with E-state index in [1.54, 1.807) is 19.1 Å². The Morgan fingerprint density at radius 3 is 2.67 bits per heavy atom. The van der Waals surface area contributed by atoms with Gasteiger partial charge in [0.05, 0.1) is 23.9 Å². The first-order valence-electron chi connectivity index (χ1n) is 8.53. The largest absolute Gasteiger partial charge is 0.493 e. The van der Waals surface area contributed by atoms with Crippen molar-refractivity contribution in [2.45, 2.75) is 46.0 Å². The van der Waals surface area contributed by atoms with Crippen LogP contribution >= 0.6 is 0 Å². The van der Waals surface area contributed by atoms with Gasteiger partial charge in [-0.05, 0) is 39.0 Å². The fourth-order valence-corrected chi connectivity index (χ4v) is 2.79. The minimum absolute atomic E-state index is 0.254. The van der Waals surface area contributed by atoms with Crippen molar-refractivity contribution in [1.82, 2.24) is 5.16 Å². The molecule has 0 aliphatic carbocycles. The third-order valence-electron chi connectivity index (χ3n) is 4.33. The van der Waals surface area contributed by atoms with Gasteiger partial charge in [0.1, 0.15) is 18.5 Å². The Morgan fingerprint density at radius 2 is 2.07 bits per heavy atom. The number of aryl methyl sites for hydroxylation is 2. The third-order valence-corrected chi connectivity index (χ3v) is 4.33. The highest BCUT2D eigenvalue weighted by molar-refractivity contribution is 5.92. The van der Waals surface area contributed by atoms with Crippen molar-refractivity contribution < 1.29 is 33.1 Å². The van der Waals surface area contributed by atoms with E-state index in [2.05, 4.69) is 5.16 Å². The standard InChI is InChI=1S/C19H21NO7/c1-10-7-17(19(22)25-10)26-18(21)13-5-6-15(16(8-13)23-4)24-9-14-11(2)20-27-12(14)3/h5-6,8,10,17H,7,9H2,1-4H3. The zero-order valence-electron chi connectivity index (χ0n) is 15.6. The molecule has 1 aromatic carbocycles. The van der Waals surface area contributed by atoms with Crippen LogP contribution in [0, 0.1) is 13.8 Å². The molecule has 1 aliphatic rings. The first kappa shape index (κ1) is 18.8. The van der Waals surface area contributed by atoms with Crippen molar-refractivity contribution >= 4 is 11.9 Å². The number of esters is 2. The van der Waals surface area contributed by atoms with E-state index in [0.717, 1.165) is 11.3 Å². The molecule has 0 N–H and O–H groups in total. The normalized spacial score (nSPS) is 18.9. The fourth-order valence-electron chi connectivity index (χ4n) is 2.79. The van der Waals surface area contributed by atoms with Crippen molar-refractivity contribution in [3.05, 3.63) is 40.8 Å². The second-order valence-electron chi connectivity index (χ2n) is 6.33. The highest BCUT2D eigenvalue weighted by Gasteiger charge is 2.35. The Balaban J connectivity index is 1.70. The van der Waals surface area contributed by atoms with Gasteiger partial charge >= 0.3 is 11.9 Å². The van der Waals surface area contributed by atoms with Gasteiger partial charge in [0.15, 0.2) is 11.5 Å². The molecule has 1 fully saturated rings. The Hall–Kier alpha value is -3.03. The molecule has 1 aromatic heterocycles. The number of carbonyl (C=O) groups is 2. The third kappa shape index (κ3) is 4.05. The van der Waals surface area contributed by atoms with Gasteiger partial charge in [-0.2, -0.15) is 0 Å². The smallest absolute Gasteiger partial charge is 0.347 e. The Morgan fingerprint density at radius 1 is 1.30 bits per heavy atom. The molecule has 0 spiro atoms. The van der Waals surface area contributed by atoms with Crippen LogP contribution in [-0.4, -0.2) is 36.4 Å². The summed E-state index contributed by atoms with van der Waals surface area (Å²) in [6, 6.07) is 4.68. The highest BCUT2D eigenvalue weighted by Crippen LogP contribution is 2.30. The lowest BCUT2D eigenvalue weighted by atomic mass is 10.2. The monoisotopic (exact) mass is 375 g/mol. The first-order valence-corrected chi connectivity index (χ1v) is 8.53. The molecule has 2 aromatic rings. The molecule has 8 nitrogen and oxygen atoms in total. The number of hydrogen-bond donors (Lipinski definition) is 0. The SMILES string of the molecule is COc1cc(C(=O)OC2CC(C)OC2=O)ccc1OCc1c(C)noc1C. The number of hydrogen-bond acceptors (Lipinski definition) is 8. The molecule has 0 radical (unpaired) electrons. The van der Waals surface area contributed by atoms with Gasteiger partial charge in [0.25, 0.3) is 0 Å². The van der Waals surface area contributed by atoms with E-state index >= 15 is 0 Å². The predicted octanol–water partition coefficient (Wildman–Crippen LogP) is 2.74. The van der Waals surface area contributed by atoms with E-state index in [0.29, 0.717) is 23.7 Å². The van der Waals surface area contributed by atoms with Gasteiger partial charge in [0.2, 0.25) is 6.10 Å². The Labute approximate surface area is 156 Å². The summed E-state index contributed by atoms with van der Waals surface area (Å²) in [4.78, 5) is 23.9. The van der Waals surface area contributed by atoms with Crippen molar-refractivity contribution in [3.8, 4) is 11.5 Å². The molecule has 27 heavy (non-hydrogen) atoms. The number of nitrogens with zero attached hydrogens (tertiary/aromatic N) is 1. The lowest BCUT2D eigenvalue weighted by Crippen LogP contribution is -2.22. The van der Waals surface area contributed by atoms with Crippen molar-refractivity contribution in [1.29, 1.82) is 0 Å². The van der Waals surface area contributed by atoms with Crippen LogP contribution in [0.3, 0.4) is 0 Å². The molecule has 2 unspecified atom stereocenters. The summed E-state index contributed by atoms with van der Waals surface area (Å²) in [6.45, 7) is 5.65. The average molecular weight is 375 g/mol. The second-order valence-corrected chi connectivity index (χ2v) is 6.33. The molecule has 0 saturated carbocycles. The van der Waals surface area contributed by atoms with Crippen molar-refractivity contribution in [3.63, 3.8) is 0 Å². The average Bonchev–Trinajstić information content (AvgIpc) is 3.13. The number of benzene rings is 1. The molecule has 3 rings (SSSR count). The molecule has 144 valence electrons. The van der Waals surface area contributed by atoms with Crippen molar-refractivity contribution in [2.75, 3.05) is 7.11 Å². The summed E-state index contributed by atoms with van der Waals surface area (Å²) in [6.07, 6.45) is -0.792. The molecule has 1 aliphatic heterocycles. The lowest BCUT2D eigenvalue weighted by molar-refractivity contribution is -0.147. The maximum Gasteiger partial charge on any atom is 0.347 e. The van der Waals surface area contributed by atoms with Crippen LogP contribution in [-0.2, 0) is 20.9 Å². The van der Waals surface area contributed by atoms with E-state index in [1.807, 2.05) is 13.8 Å². The number of cyclic esters (lactones) is 1. The van der Waals surface area contributed by atoms with E-state index < -0.39 is 18.0 Å². The van der Waals surface area contributed by atoms with Crippen LogP contribution in [0.2, 0.25) is 0 Å². The second kappa shape index (κ2) is 7.69.